The summed E-state index contributed by atoms with van der Waals surface area (Å²) in [6.07, 6.45) is 2.81. The molecule has 1 fully saturated rings. The second-order valence-corrected chi connectivity index (χ2v) is 4.90. The first-order valence-electron chi connectivity index (χ1n) is 7.24. The highest BCUT2D eigenvalue weighted by molar-refractivity contribution is 4.88. The normalized spacial score (nSPS) is 20.8. The maximum absolute atomic E-state index is 5.59. The van der Waals surface area contributed by atoms with Gasteiger partial charge in [0.1, 0.15) is 12.2 Å². The van der Waals surface area contributed by atoms with Gasteiger partial charge in [-0.3, -0.25) is 4.90 Å². The number of nitrogens with zero attached hydrogens (tertiary/aromatic N) is 4. The van der Waals surface area contributed by atoms with E-state index in [4.69, 9.17) is 4.74 Å². The van der Waals surface area contributed by atoms with Crippen LogP contribution in [0, 0.1) is 0 Å². The fourth-order valence-corrected chi connectivity index (χ4v) is 2.39. The average Bonchev–Trinajstić information content (AvgIpc) is 2.88. The van der Waals surface area contributed by atoms with E-state index in [0.29, 0.717) is 6.04 Å². The maximum Gasteiger partial charge on any atom is 0.141 e. The van der Waals surface area contributed by atoms with Gasteiger partial charge < -0.3 is 10.1 Å². The van der Waals surface area contributed by atoms with Gasteiger partial charge in [-0.15, -0.1) is 0 Å². The van der Waals surface area contributed by atoms with Gasteiger partial charge >= 0.3 is 0 Å². The summed E-state index contributed by atoms with van der Waals surface area (Å²) < 4.78 is 7.56. The molecule has 1 N–H and O–H groups in total. The largest absolute Gasteiger partial charge is 0.378 e. The van der Waals surface area contributed by atoms with Crippen LogP contribution in [0.3, 0.4) is 0 Å². The zero-order valence-electron chi connectivity index (χ0n) is 12.0. The molecule has 19 heavy (non-hydrogen) atoms. The minimum absolute atomic E-state index is 0.433. The highest BCUT2D eigenvalue weighted by Gasteiger charge is 2.24. The zero-order chi connectivity index (χ0) is 13.5. The molecule has 2 heterocycles. The van der Waals surface area contributed by atoms with Crippen LogP contribution in [0.1, 0.15) is 26.1 Å². The molecule has 6 heteroatoms. The lowest BCUT2D eigenvalue weighted by molar-refractivity contribution is -0.0125. The molecule has 1 unspecified atom stereocenters. The molecule has 2 rings (SSSR count). The molecule has 1 aliphatic rings. The van der Waals surface area contributed by atoms with E-state index in [2.05, 4.69) is 34.1 Å². The Balaban J connectivity index is 1.91. The summed E-state index contributed by atoms with van der Waals surface area (Å²) in [4.78, 5) is 6.81. The summed E-state index contributed by atoms with van der Waals surface area (Å²) in [5.41, 5.74) is 0. The number of ether oxygens (including phenoxy) is 1. The second-order valence-electron chi connectivity index (χ2n) is 4.90. The van der Waals surface area contributed by atoms with E-state index in [1.807, 2.05) is 4.68 Å². The van der Waals surface area contributed by atoms with Crippen molar-refractivity contribution in [1.29, 1.82) is 0 Å². The smallest absolute Gasteiger partial charge is 0.141 e. The maximum atomic E-state index is 5.59. The summed E-state index contributed by atoms with van der Waals surface area (Å²) in [5.74, 6) is 1.05. The molecule has 1 aromatic rings. The first-order valence-corrected chi connectivity index (χ1v) is 7.24. The summed E-state index contributed by atoms with van der Waals surface area (Å²) in [5, 5.41) is 7.71. The van der Waals surface area contributed by atoms with Crippen LogP contribution in [0.2, 0.25) is 0 Å². The van der Waals surface area contributed by atoms with Crippen LogP contribution in [-0.4, -0.2) is 58.6 Å². The predicted molar refractivity (Wildman–Crippen MR) is 73.9 cm³/mol. The van der Waals surface area contributed by atoms with Crippen LogP contribution >= 0.6 is 0 Å². The van der Waals surface area contributed by atoms with Crippen molar-refractivity contribution in [2.45, 2.75) is 39.4 Å². The number of morpholine rings is 1. The van der Waals surface area contributed by atoms with Gasteiger partial charge in [-0.2, -0.15) is 5.10 Å². The molecule has 1 saturated heterocycles. The van der Waals surface area contributed by atoms with E-state index in [1.165, 1.54) is 0 Å². The lowest BCUT2D eigenvalue weighted by Gasteiger charge is -2.35. The Labute approximate surface area is 115 Å². The zero-order valence-corrected chi connectivity index (χ0v) is 12.0. The SMILES string of the molecule is CCCNCC1COCCN1Cc1ncnn1CC. The Morgan fingerprint density at radius 1 is 1.47 bits per heavy atom. The lowest BCUT2D eigenvalue weighted by Crippen LogP contribution is -2.50. The summed E-state index contributed by atoms with van der Waals surface area (Å²) >= 11 is 0. The fourth-order valence-electron chi connectivity index (χ4n) is 2.39. The lowest BCUT2D eigenvalue weighted by atomic mass is 10.2. The summed E-state index contributed by atoms with van der Waals surface area (Å²) in [6.45, 7) is 10.6. The van der Waals surface area contributed by atoms with Gasteiger partial charge in [0, 0.05) is 25.7 Å². The van der Waals surface area contributed by atoms with Gasteiger partial charge in [0.05, 0.1) is 19.8 Å². The van der Waals surface area contributed by atoms with E-state index >= 15 is 0 Å². The molecule has 0 aromatic carbocycles. The van der Waals surface area contributed by atoms with E-state index in [0.717, 1.165) is 58.2 Å². The molecule has 0 amide bonds. The van der Waals surface area contributed by atoms with Gasteiger partial charge in [0.15, 0.2) is 0 Å². The summed E-state index contributed by atoms with van der Waals surface area (Å²) in [6, 6.07) is 0.433. The van der Waals surface area contributed by atoms with Crippen LogP contribution in [0.15, 0.2) is 6.33 Å². The summed E-state index contributed by atoms with van der Waals surface area (Å²) in [7, 11) is 0. The van der Waals surface area contributed by atoms with Crippen molar-refractivity contribution in [3.8, 4) is 0 Å². The Bertz CT molecular complexity index is 368. The quantitative estimate of drug-likeness (QED) is 0.729. The highest BCUT2D eigenvalue weighted by Crippen LogP contribution is 2.10. The van der Waals surface area contributed by atoms with Crippen molar-refractivity contribution in [3.05, 3.63) is 12.2 Å². The van der Waals surface area contributed by atoms with Gasteiger partial charge in [-0.1, -0.05) is 6.92 Å². The molecule has 0 spiro atoms. The third-order valence-electron chi connectivity index (χ3n) is 3.50. The molecule has 0 saturated carbocycles. The molecule has 0 radical (unpaired) electrons. The number of aryl methyl sites for hydroxylation is 1. The molecule has 1 atom stereocenters. The number of rotatable bonds is 7. The average molecular weight is 267 g/mol. The van der Waals surface area contributed by atoms with Crippen molar-refractivity contribution in [2.75, 3.05) is 32.8 Å². The molecule has 1 aliphatic heterocycles. The minimum atomic E-state index is 0.433. The van der Waals surface area contributed by atoms with Gasteiger partial charge in [-0.25, -0.2) is 9.67 Å². The van der Waals surface area contributed by atoms with E-state index in [-0.39, 0.29) is 0 Å². The van der Waals surface area contributed by atoms with Crippen LogP contribution in [0.5, 0.6) is 0 Å². The Hall–Kier alpha value is -0.980. The third kappa shape index (κ3) is 3.99. The molecular formula is C13H25N5O. The van der Waals surface area contributed by atoms with Crippen LogP contribution in [0.25, 0.3) is 0 Å². The highest BCUT2D eigenvalue weighted by atomic mass is 16.5. The Morgan fingerprint density at radius 3 is 3.16 bits per heavy atom. The third-order valence-corrected chi connectivity index (χ3v) is 3.50. The van der Waals surface area contributed by atoms with Crippen molar-refractivity contribution in [2.24, 2.45) is 0 Å². The van der Waals surface area contributed by atoms with Crippen LogP contribution in [-0.2, 0) is 17.8 Å². The van der Waals surface area contributed by atoms with Gasteiger partial charge in [0.2, 0.25) is 0 Å². The molecule has 108 valence electrons. The van der Waals surface area contributed by atoms with Crippen LogP contribution in [0.4, 0.5) is 0 Å². The van der Waals surface area contributed by atoms with E-state index in [1.54, 1.807) is 6.33 Å². The molecule has 0 aliphatic carbocycles. The minimum Gasteiger partial charge on any atom is -0.378 e. The molecule has 1 aromatic heterocycles. The number of nitrogens with one attached hydrogen (secondary N) is 1. The van der Waals surface area contributed by atoms with Crippen molar-refractivity contribution < 1.29 is 4.74 Å². The number of hydrogen-bond acceptors (Lipinski definition) is 5. The Morgan fingerprint density at radius 2 is 2.37 bits per heavy atom. The number of aromatic nitrogens is 3. The van der Waals surface area contributed by atoms with Crippen molar-refractivity contribution >= 4 is 0 Å². The van der Waals surface area contributed by atoms with Gasteiger partial charge in [0.25, 0.3) is 0 Å². The van der Waals surface area contributed by atoms with Crippen molar-refractivity contribution in [3.63, 3.8) is 0 Å². The molecule has 6 nitrogen and oxygen atoms in total. The standard InChI is InChI=1S/C13H25N5O/c1-3-5-14-8-12-10-19-7-6-17(12)9-13-15-11-16-18(13)4-2/h11-12,14H,3-10H2,1-2H3. The first kappa shape index (κ1) is 14.4. The number of hydrogen-bond donors (Lipinski definition) is 1. The molecule has 0 bridgehead atoms. The molecular weight excluding hydrogens is 242 g/mol. The predicted octanol–water partition coefficient (Wildman–Crippen LogP) is 0.498. The second kappa shape index (κ2) is 7.57. The van der Waals surface area contributed by atoms with E-state index < -0.39 is 0 Å². The van der Waals surface area contributed by atoms with Gasteiger partial charge in [-0.05, 0) is 19.9 Å². The topological polar surface area (TPSA) is 55.2 Å². The monoisotopic (exact) mass is 267 g/mol. The Kier molecular flexibility index (Phi) is 5.75. The first-order chi connectivity index (χ1) is 9.35. The fraction of sp³-hybridized carbons (Fsp3) is 0.846. The van der Waals surface area contributed by atoms with E-state index in [9.17, 15) is 0 Å². The van der Waals surface area contributed by atoms with Crippen LogP contribution < -0.4 is 5.32 Å². The van der Waals surface area contributed by atoms with Crippen molar-refractivity contribution in [1.82, 2.24) is 25.0 Å².